The van der Waals surface area contributed by atoms with Crippen LogP contribution in [0.4, 0.5) is 0 Å². The van der Waals surface area contributed by atoms with Gasteiger partial charge in [-0.15, -0.1) is 0 Å². The average molecular weight is 336 g/mol. The van der Waals surface area contributed by atoms with Gasteiger partial charge in [-0.25, -0.2) is 0 Å². The van der Waals surface area contributed by atoms with Gasteiger partial charge in [0.15, 0.2) is 0 Å². The summed E-state index contributed by atoms with van der Waals surface area (Å²) in [6.45, 7) is 8.29. The van der Waals surface area contributed by atoms with E-state index in [0.717, 1.165) is 26.3 Å². The third kappa shape index (κ3) is 4.61. The number of nitrogens with one attached hydrogen (secondary N) is 1. The van der Waals surface area contributed by atoms with E-state index >= 15 is 0 Å². The highest BCUT2D eigenvalue weighted by Gasteiger charge is 2.24. The van der Waals surface area contributed by atoms with Crippen molar-refractivity contribution < 1.29 is 19.0 Å². The molecule has 0 radical (unpaired) electrons. The molecule has 1 aromatic carbocycles. The van der Waals surface area contributed by atoms with E-state index < -0.39 is 0 Å². The zero-order chi connectivity index (χ0) is 17.5. The molecule has 1 saturated heterocycles. The molecule has 0 spiro atoms. The molecule has 0 bridgehead atoms. The number of rotatable bonds is 7. The SMILES string of the molecule is COc1ccc(C(=O)NCC(C(C)C)N2CCOCC2)c(OC)c1. The summed E-state index contributed by atoms with van der Waals surface area (Å²) >= 11 is 0. The fourth-order valence-corrected chi connectivity index (χ4v) is 2.97. The second-order valence-electron chi connectivity index (χ2n) is 6.24. The number of benzene rings is 1. The minimum Gasteiger partial charge on any atom is -0.497 e. The van der Waals surface area contributed by atoms with Crippen molar-refractivity contribution in [1.29, 1.82) is 0 Å². The van der Waals surface area contributed by atoms with Gasteiger partial charge in [0.1, 0.15) is 11.5 Å². The Balaban J connectivity index is 2.02. The van der Waals surface area contributed by atoms with E-state index in [2.05, 4.69) is 24.1 Å². The van der Waals surface area contributed by atoms with Crippen molar-refractivity contribution in [2.24, 2.45) is 5.92 Å². The smallest absolute Gasteiger partial charge is 0.255 e. The van der Waals surface area contributed by atoms with Crippen LogP contribution in [0.1, 0.15) is 24.2 Å². The summed E-state index contributed by atoms with van der Waals surface area (Å²) in [5, 5.41) is 3.05. The zero-order valence-electron chi connectivity index (χ0n) is 15.0. The molecule has 2 rings (SSSR count). The summed E-state index contributed by atoms with van der Waals surface area (Å²) in [7, 11) is 3.14. The van der Waals surface area contributed by atoms with Gasteiger partial charge in [0, 0.05) is 31.7 Å². The Morgan fingerprint density at radius 1 is 1.25 bits per heavy atom. The first-order valence-electron chi connectivity index (χ1n) is 8.38. The average Bonchev–Trinajstić information content (AvgIpc) is 2.61. The zero-order valence-corrected chi connectivity index (χ0v) is 15.0. The van der Waals surface area contributed by atoms with Crippen LogP contribution in [0.2, 0.25) is 0 Å². The number of methoxy groups -OCH3 is 2. The van der Waals surface area contributed by atoms with Gasteiger partial charge in [0.25, 0.3) is 5.91 Å². The van der Waals surface area contributed by atoms with Gasteiger partial charge < -0.3 is 19.5 Å². The van der Waals surface area contributed by atoms with Crippen molar-refractivity contribution in [2.75, 3.05) is 47.1 Å². The van der Waals surface area contributed by atoms with Gasteiger partial charge in [-0.3, -0.25) is 9.69 Å². The fourth-order valence-electron chi connectivity index (χ4n) is 2.97. The predicted octanol–water partition coefficient (Wildman–Crippen LogP) is 1.79. The highest BCUT2D eigenvalue weighted by Crippen LogP contribution is 2.24. The summed E-state index contributed by atoms with van der Waals surface area (Å²) in [6, 6.07) is 5.50. The van der Waals surface area contributed by atoms with Crippen LogP contribution >= 0.6 is 0 Å². The number of nitrogens with zero attached hydrogens (tertiary/aromatic N) is 1. The Kier molecular flexibility index (Phi) is 6.87. The van der Waals surface area contributed by atoms with Gasteiger partial charge in [-0.1, -0.05) is 13.8 Å². The van der Waals surface area contributed by atoms with Crippen LogP contribution in [0.25, 0.3) is 0 Å². The molecule has 1 aliphatic rings. The van der Waals surface area contributed by atoms with Crippen LogP contribution in [-0.2, 0) is 4.74 Å². The van der Waals surface area contributed by atoms with Crippen molar-refractivity contribution in [1.82, 2.24) is 10.2 Å². The molecule has 0 saturated carbocycles. The van der Waals surface area contributed by atoms with Crippen molar-refractivity contribution >= 4 is 5.91 Å². The Labute approximate surface area is 144 Å². The van der Waals surface area contributed by atoms with Crippen molar-refractivity contribution in [3.63, 3.8) is 0 Å². The molecule has 0 aromatic heterocycles. The number of hydrogen-bond donors (Lipinski definition) is 1. The second kappa shape index (κ2) is 8.89. The van der Waals surface area contributed by atoms with Crippen LogP contribution in [0.5, 0.6) is 11.5 Å². The van der Waals surface area contributed by atoms with Gasteiger partial charge in [-0.05, 0) is 18.1 Å². The third-order valence-electron chi connectivity index (χ3n) is 4.41. The molecular formula is C18H28N2O4. The van der Waals surface area contributed by atoms with Gasteiger partial charge >= 0.3 is 0 Å². The highest BCUT2D eigenvalue weighted by atomic mass is 16.5. The standard InChI is InChI=1S/C18H28N2O4/c1-13(2)16(20-7-9-24-10-8-20)12-19-18(21)15-6-5-14(22-3)11-17(15)23-4/h5-6,11,13,16H,7-10,12H2,1-4H3,(H,19,21). The maximum absolute atomic E-state index is 12.6. The van der Waals surface area contributed by atoms with Crippen LogP contribution < -0.4 is 14.8 Å². The maximum atomic E-state index is 12.6. The van der Waals surface area contributed by atoms with Gasteiger partial charge in [0.2, 0.25) is 0 Å². The largest absolute Gasteiger partial charge is 0.497 e. The first-order valence-corrected chi connectivity index (χ1v) is 8.38. The van der Waals surface area contributed by atoms with Crippen molar-refractivity contribution in [3.8, 4) is 11.5 Å². The number of amides is 1. The number of carbonyl (C=O) groups is 1. The normalized spacial score (nSPS) is 16.7. The number of carbonyl (C=O) groups excluding carboxylic acids is 1. The molecule has 0 aliphatic carbocycles. The Morgan fingerprint density at radius 2 is 1.96 bits per heavy atom. The number of hydrogen-bond acceptors (Lipinski definition) is 5. The quantitative estimate of drug-likeness (QED) is 0.823. The first kappa shape index (κ1) is 18.5. The summed E-state index contributed by atoms with van der Waals surface area (Å²) in [6.07, 6.45) is 0. The molecule has 6 nitrogen and oxygen atoms in total. The van der Waals surface area contributed by atoms with Crippen LogP contribution in [0, 0.1) is 5.92 Å². The minimum absolute atomic E-state index is 0.131. The monoisotopic (exact) mass is 336 g/mol. The third-order valence-corrected chi connectivity index (χ3v) is 4.41. The van der Waals surface area contributed by atoms with E-state index in [-0.39, 0.29) is 5.91 Å². The second-order valence-corrected chi connectivity index (χ2v) is 6.24. The van der Waals surface area contributed by atoms with E-state index in [1.54, 1.807) is 32.4 Å². The molecule has 1 amide bonds. The van der Waals surface area contributed by atoms with Crippen molar-refractivity contribution in [2.45, 2.75) is 19.9 Å². The molecule has 1 unspecified atom stereocenters. The lowest BCUT2D eigenvalue weighted by atomic mass is 10.0. The van der Waals surface area contributed by atoms with E-state index in [0.29, 0.717) is 35.6 Å². The van der Waals surface area contributed by atoms with Gasteiger partial charge in [0.05, 0.1) is 33.0 Å². The van der Waals surface area contributed by atoms with E-state index in [1.807, 2.05) is 0 Å². The molecule has 1 atom stereocenters. The molecule has 1 fully saturated rings. The highest BCUT2D eigenvalue weighted by molar-refractivity contribution is 5.97. The molecular weight excluding hydrogens is 308 g/mol. The minimum atomic E-state index is -0.131. The number of ether oxygens (including phenoxy) is 3. The lowest BCUT2D eigenvalue weighted by molar-refractivity contribution is 0.00672. The lowest BCUT2D eigenvalue weighted by Crippen LogP contribution is -2.51. The molecule has 6 heteroatoms. The van der Waals surface area contributed by atoms with Crippen LogP contribution in [0.3, 0.4) is 0 Å². The lowest BCUT2D eigenvalue weighted by Gasteiger charge is -2.36. The Hall–Kier alpha value is -1.79. The van der Waals surface area contributed by atoms with E-state index in [4.69, 9.17) is 14.2 Å². The van der Waals surface area contributed by atoms with Crippen LogP contribution in [0.15, 0.2) is 18.2 Å². The Bertz CT molecular complexity index is 542. The summed E-state index contributed by atoms with van der Waals surface area (Å²) < 4.78 is 15.9. The Morgan fingerprint density at radius 3 is 2.54 bits per heavy atom. The van der Waals surface area contributed by atoms with E-state index in [9.17, 15) is 4.79 Å². The van der Waals surface area contributed by atoms with Crippen LogP contribution in [-0.4, -0.2) is 63.9 Å². The molecule has 24 heavy (non-hydrogen) atoms. The fraction of sp³-hybridized carbons (Fsp3) is 0.611. The topological polar surface area (TPSA) is 60.0 Å². The molecule has 1 aliphatic heterocycles. The van der Waals surface area contributed by atoms with Gasteiger partial charge in [-0.2, -0.15) is 0 Å². The summed E-state index contributed by atoms with van der Waals surface area (Å²) in [4.78, 5) is 14.9. The summed E-state index contributed by atoms with van der Waals surface area (Å²) in [5.41, 5.74) is 0.516. The molecule has 134 valence electrons. The predicted molar refractivity (Wildman–Crippen MR) is 92.9 cm³/mol. The molecule has 1 heterocycles. The van der Waals surface area contributed by atoms with E-state index in [1.165, 1.54) is 0 Å². The number of morpholine rings is 1. The maximum Gasteiger partial charge on any atom is 0.255 e. The molecule has 1 aromatic rings. The van der Waals surface area contributed by atoms with Crippen molar-refractivity contribution in [3.05, 3.63) is 23.8 Å². The first-order chi connectivity index (χ1) is 11.6. The summed E-state index contributed by atoms with van der Waals surface area (Å²) in [5.74, 6) is 1.49. The molecule has 1 N–H and O–H groups in total.